The third kappa shape index (κ3) is 3.08. The van der Waals surface area contributed by atoms with Crippen LogP contribution < -0.4 is 0 Å². The first-order valence-corrected chi connectivity index (χ1v) is 8.67. The number of ether oxygens (including phenoxy) is 2. The fraction of sp³-hybridized carbons (Fsp3) is 0.750. The van der Waals surface area contributed by atoms with E-state index in [1.54, 1.807) is 0 Å². The van der Waals surface area contributed by atoms with Gasteiger partial charge < -0.3 is 9.47 Å². The molecule has 2 aliphatic rings. The highest BCUT2D eigenvalue weighted by molar-refractivity contribution is 7.09. The lowest BCUT2D eigenvalue weighted by Gasteiger charge is -2.44. The largest absolute Gasteiger partial charge is 0.381 e. The molecule has 2 atom stereocenters. The summed E-state index contributed by atoms with van der Waals surface area (Å²) >= 11 is 1.86. The topological polar surface area (TPSA) is 21.7 Å². The second-order valence-electron chi connectivity index (χ2n) is 5.95. The van der Waals surface area contributed by atoms with E-state index >= 15 is 0 Å². The van der Waals surface area contributed by atoms with Gasteiger partial charge in [-0.25, -0.2) is 0 Å². The maximum Gasteiger partial charge on any atom is 0.0859 e. The average molecular weight is 295 g/mol. The minimum atomic E-state index is 0.0602. The molecule has 1 saturated heterocycles. The molecule has 2 fully saturated rings. The van der Waals surface area contributed by atoms with Gasteiger partial charge in [-0.05, 0) is 31.2 Å². The summed E-state index contributed by atoms with van der Waals surface area (Å²) in [7, 11) is 0. The molecule has 1 aromatic heterocycles. The first kappa shape index (κ1) is 14.5. The highest BCUT2D eigenvalue weighted by atomic mass is 32.1. The molecular weight excluding hydrogens is 270 g/mol. The Morgan fingerprint density at radius 3 is 3.30 bits per heavy atom. The van der Waals surface area contributed by atoms with Crippen LogP contribution in [0.4, 0.5) is 0 Å². The van der Waals surface area contributed by atoms with Crippen LogP contribution in [0.15, 0.2) is 17.5 Å². The van der Waals surface area contributed by atoms with Gasteiger partial charge in [0.15, 0.2) is 0 Å². The molecule has 0 N–H and O–H groups in total. The van der Waals surface area contributed by atoms with Crippen LogP contribution in [0.3, 0.4) is 0 Å². The quantitative estimate of drug-likeness (QED) is 0.833. The summed E-state index contributed by atoms with van der Waals surface area (Å²) in [6.07, 6.45) is 3.74. The zero-order chi connectivity index (χ0) is 13.8. The van der Waals surface area contributed by atoms with Crippen molar-refractivity contribution in [3.05, 3.63) is 22.4 Å². The molecule has 0 radical (unpaired) electrons. The predicted molar refractivity (Wildman–Crippen MR) is 82.1 cm³/mol. The van der Waals surface area contributed by atoms with E-state index in [-0.39, 0.29) is 5.60 Å². The molecule has 1 spiro atoms. The number of hydrogen-bond donors (Lipinski definition) is 0. The molecule has 0 bridgehead atoms. The minimum Gasteiger partial charge on any atom is -0.381 e. The summed E-state index contributed by atoms with van der Waals surface area (Å²) in [5, 5.41) is 2.17. The number of nitrogens with zero attached hydrogens (tertiary/aromatic N) is 1. The van der Waals surface area contributed by atoms with Crippen LogP contribution in [0, 0.1) is 5.92 Å². The third-order valence-electron chi connectivity index (χ3n) is 4.67. The molecule has 1 aromatic rings. The van der Waals surface area contributed by atoms with Crippen LogP contribution in [-0.2, 0) is 16.0 Å². The predicted octanol–water partition coefficient (Wildman–Crippen LogP) is 3.16. The molecule has 20 heavy (non-hydrogen) atoms. The Kier molecular flexibility index (Phi) is 4.76. The number of morpholine rings is 1. The Morgan fingerprint density at radius 1 is 1.55 bits per heavy atom. The maximum atomic E-state index is 6.27. The Labute approximate surface area is 125 Å². The zero-order valence-electron chi connectivity index (χ0n) is 12.3. The molecule has 0 unspecified atom stereocenters. The van der Waals surface area contributed by atoms with E-state index in [0.29, 0.717) is 5.92 Å². The molecule has 1 aliphatic carbocycles. The van der Waals surface area contributed by atoms with Gasteiger partial charge in [-0.2, -0.15) is 0 Å². The Morgan fingerprint density at radius 2 is 2.50 bits per heavy atom. The van der Waals surface area contributed by atoms with Crippen molar-refractivity contribution < 1.29 is 9.47 Å². The van der Waals surface area contributed by atoms with E-state index in [4.69, 9.17) is 9.47 Å². The molecule has 0 amide bonds. The van der Waals surface area contributed by atoms with Crippen LogP contribution in [0.25, 0.3) is 0 Å². The zero-order valence-corrected chi connectivity index (χ0v) is 13.2. The van der Waals surface area contributed by atoms with Crippen molar-refractivity contribution in [3.8, 4) is 0 Å². The van der Waals surface area contributed by atoms with Crippen LogP contribution in [0.5, 0.6) is 0 Å². The maximum absolute atomic E-state index is 6.27. The second kappa shape index (κ2) is 6.56. The van der Waals surface area contributed by atoms with Gasteiger partial charge in [-0.3, -0.25) is 4.90 Å². The van der Waals surface area contributed by atoms with Crippen LogP contribution in [0.1, 0.15) is 31.1 Å². The summed E-state index contributed by atoms with van der Waals surface area (Å²) in [5.74, 6) is 0.577. The molecule has 3 nitrogen and oxygen atoms in total. The highest BCUT2D eigenvalue weighted by Crippen LogP contribution is 2.41. The minimum absolute atomic E-state index is 0.0602. The molecule has 2 heterocycles. The van der Waals surface area contributed by atoms with Gasteiger partial charge in [0.25, 0.3) is 0 Å². The summed E-state index contributed by atoms with van der Waals surface area (Å²) in [6, 6.07) is 4.38. The normalized spacial score (nSPS) is 31.1. The number of hydrogen-bond acceptors (Lipinski definition) is 4. The Bertz CT molecular complexity index is 409. The van der Waals surface area contributed by atoms with E-state index < -0.39 is 0 Å². The first-order chi connectivity index (χ1) is 9.82. The lowest BCUT2D eigenvalue weighted by Crippen LogP contribution is -2.54. The van der Waals surface area contributed by atoms with Crippen molar-refractivity contribution in [1.29, 1.82) is 0 Å². The molecule has 0 aromatic carbocycles. The monoisotopic (exact) mass is 295 g/mol. The standard InChI is InChI=1S/C16H25NO2S/c1-2-18-12-14-5-3-7-16(14)13-17(8-9-19-16)11-15-6-4-10-20-15/h4,6,10,14H,2-3,5,7-9,11-13H2,1H3/t14-,16+/m0/s1. The molecule has 1 aliphatic heterocycles. The average Bonchev–Trinajstić information content (AvgIpc) is 3.08. The van der Waals surface area contributed by atoms with E-state index in [1.807, 2.05) is 11.3 Å². The van der Waals surface area contributed by atoms with Crippen molar-refractivity contribution in [2.75, 3.05) is 32.9 Å². The van der Waals surface area contributed by atoms with Crippen molar-refractivity contribution >= 4 is 11.3 Å². The lowest BCUT2D eigenvalue weighted by molar-refractivity contribution is -0.142. The van der Waals surface area contributed by atoms with Crippen molar-refractivity contribution in [2.45, 2.75) is 38.3 Å². The number of thiophene rings is 1. The number of rotatable bonds is 5. The third-order valence-corrected chi connectivity index (χ3v) is 5.53. The van der Waals surface area contributed by atoms with Crippen molar-refractivity contribution in [3.63, 3.8) is 0 Å². The Balaban J connectivity index is 1.63. The summed E-state index contributed by atoms with van der Waals surface area (Å²) in [4.78, 5) is 4.03. The van der Waals surface area contributed by atoms with Gasteiger partial charge >= 0.3 is 0 Å². The molecule has 4 heteroatoms. The van der Waals surface area contributed by atoms with Gasteiger partial charge in [0.1, 0.15) is 0 Å². The molecule has 3 rings (SSSR count). The van der Waals surface area contributed by atoms with Gasteiger partial charge in [0, 0.05) is 37.0 Å². The van der Waals surface area contributed by atoms with Crippen LogP contribution in [-0.4, -0.2) is 43.4 Å². The van der Waals surface area contributed by atoms with E-state index in [2.05, 4.69) is 29.3 Å². The molecule has 1 saturated carbocycles. The molecular formula is C16H25NO2S. The van der Waals surface area contributed by atoms with Crippen LogP contribution in [0.2, 0.25) is 0 Å². The summed E-state index contributed by atoms with van der Waals surface area (Å²) in [5.41, 5.74) is 0.0602. The van der Waals surface area contributed by atoms with Crippen molar-refractivity contribution in [2.24, 2.45) is 5.92 Å². The van der Waals surface area contributed by atoms with E-state index in [9.17, 15) is 0 Å². The lowest BCUT2D eigenvalue weighted by atomic mass is 9.89. The summed E-state index contributed by atoms with van der Waals surface area (Å²) < 4.78 is 12.0. The summed E-state index contributed by atoms with van der Waals surface area (Å²) in [6.45, 7) is 7.82. The van der Waals surface area contributed by atoms with E-state index in [0.717, 1.165) is 39.5 Å². The van der Waals surface area contributed by atoms with Crippen molar-refractivity contribution in [1.82, 2.24) is 4.90 Å². The van der Waals surface area contributed by atoms with Gasteiger partial charge in [-0.1, -0.05) is 12.5 Å². The van der Waals surface area contributed by atoms with E-state index in [1.165, 1.54) is 24.1 Å². The van der Waals surface area contributed by atoms with Crippen LogP contribution >= 0.6 is 11.3 Å². The fourth-order valence-corrected chi connectivity index (χ4v) is 4.39. The smallest absolute Gasteiger partial charge is 0.0859 e. The van der Waals surface area contributed by atoms with Gasteiger partial charge in [0.05, 0.1) is 18.8 Å². The SMILES string of the molecule is CCOC[C@@H]1CCC[C@@]12CN(Cc1cccs1)CCO2. The Hall–Kier alpha value is -0.420. The molecule has 112 valence electrons. The second-order valence-corrected chi connectivity index (χ2v) is 6.98. The highest BCUT2D eigenvalue weighted by Gasteiger charge is 2.46. The first-order valence-electron chi connectivity index (χ1n) is 7.79. The van der Waals surface area contributed by atoms with Gasteiger partial charge in [-0.15, -0.1) is 11.3 Å². The fourth-order valence-electron chi connectivity index (χ4n) is 3.65. The van der Waals surface area contributed by atoms with Gasteiger partial charge in [0.2, 0.25) is 0 Å².